The largest absolute Gasteiger partial charge is 0.619 e. The number of hydrogen-bond donors (Lipinski definition) is 1. The Labute approximate surface area is 46.9 Å². The quantitative estimate of drug-likeness (QED) is 0.374. The van der Waals surface area contributed by atoms with Crippen LogP contribution in [0.2, 0.25) is 0 Å². The number of nitrogen functional groups attached to an aromatic ring is 1. The summed E-state index contributed by atoms with van der Waals surface area (Å²) in [6, 6.07) is 3.10. The van der Waals surface area contributed by atoms with Crippen molar-refractivity contribution in [3.8, 4) is 0 Å². The van der Waals surface area contributed by atoms with Crippen LogP contribution >= 0.6 is 0 Å². The summed E-state index contributed by atoms with van der Waals surface area (Å²) in [5.41, 5.74) is 5.88. The number of hydrogen-bond acceptors (Lipinski definition) is 2. The van der Waals surface area contributed by atoms with Crippen LogP contribution in [0, 0.1) is 5.21 Å². The van der Waals surface area contributed by atoms with Crippen LogP contribution in [0.15, 0.2) is 24.5 Å². The summed E-state index contributed by atoms with van der Waals surface area (Å²) in [5, 5.41) is 10.3. The monoisotopic (exact) mass is 110 g/mol. The van der Waals surface area contributed by atoms with Gasteiger partial charge in [0.1, 0.15) is 0 Å². The molecule has 0 aliphatic heterocycles. The zero-order valence-corrected chi connectivity index (χ0v) is 4.24. The van der Waals surface area contributed by atoms with Gasteiger partial charge in [-0.25, -0.2) is 0 Å². The molecule has 0 aliphatic rings. The van der Waals surface area contributed by atoms with E-state index in [-0.39, 0.29) is 0 Å². The van der Waals surface area contributed by atoms with E-state index in [0.717, 1.165) is 0 Å². The van der Waals surface area contributed by atoms with Crippen molar-refractivity contribution in [1.29, 1.82) is 0 Å². The van der Waals surface area contributed by atoms with Gasteiger partial charge in [-0.05, 0) is 0 Å². The van der Waals surface area contributed by atoms with E-state index in [0.29, 0.717) is 10.4 Å². The van der Waals surface area contributed by atoms with E-state index >= 15 is 0 Å². The van der Waals surface area contributed by atoms with Crippen molar-refractivity contribution in [2.24, 2.45) is 0 Å². The van der Waals surface area contributed by atoms with Gasteiger partial charge in [-0.1, -0.05) is 0 Å². The lowest BCUT2D eigenvalue weighted by atomic mass is 10.4. The summed E-state index contributed by atoms with van der Waals surface area (Å²) >= 11 is 0. The van der Waals surface area contributed by atoms with Gasteiger partial charge in [0.15, 0.2) is 12.4 Å². The molecule has 1 heterocycles. The zero-order valence-electron chi connectivity index (χ0n) is 4.24. The molecule has 3 nitrogen and oxygen atoms in total. The summed E-state index contributed by atoms with van der Waals surface area (Å²) in [5.74, 6) is 0. The summed E-state index contributed by atoms with van der Waals surface area (Å²) in [4.78, 5) is 0. The Bertz CT molecular complexity index is 149. The fourth-order valence-electron chi connectivity index (χ4n) is 0.424. The smallest absolute Gasteiger partial charge is 0.182 e. The first-order valence-corrected chi connectivity index (χ1v) is 2.23. The summed E-state index contributed by atoms with van der Waals surface area (Å²) in [6.07, 6.45) is 2.71. The van der Waals surface area contributed by atoms with Gasteiger partial charge in [-0.2, -0.15) is 4.73 Å². The number of nitrogens with zero attached hydrogens (tertiary/aromatic N) is 1. The van der Waals surface area contributed by atoms with Crippen molar-refractivity contribution >= 4 is 5.69 Å². The molecule has 1 aromatic rings. The van der Waals surface area contributed by atoms with Gasteiger partial charge >= 0.3 is 0 Å². The summed E-state index contributed by atoms with van der Waals surface area (Å²) in [6.45, 7) is 0. The SMILES string of the molecule is Nc1cc[n+]([O-])cc1. The highest BCUT2D eigenvalue weighted by atomic mass is 16.5. The zero-order chi connectivity index (χ0) is 5.98. The van der Waals surface area contributed by atoms with E-state index in [4.69, 9.17) is 5.73 Å². The summed E-state index contributed by atoms with van der Waals surface area (Å²) < 4.78 is 0.691. The van der Waals surface area contributed by atoms with Crippen LogP contribution < -0.4 is 10.5 Å². The van der Waals surface area contributed by atoms with Crippen LogP contribution in [0.25, 0.3) is 0 Å². The predicted octanol–water partition coefficient (Wildman–Crippen LogP) is -0.0978. The lowest BCUT2D eigenvalue weighted by Crippen LogP contribution is -2.23. The molecule has 0 fully saturated rings. The molecule has 0 atom stereocenters. The van der Waals surface area contributed by atoms with Crippen LogP contribution in [0.5, 0.6) is 0 Å². The first-order chi connectivity index (χ1) is 3.79. The van der Waals surface area contributed by atoms with E-state index in [2.05, 4.69) is 0 Å². The Morgan fingerprint density at radius 3 is 2.25 bits per heavy atom. The minimum Gasteiger partial charge on any atom is -0.619 e. The highest BCUT2D eigenvalue weighted by Crippen LogP contribution is 1.91. The Morgan fingerprint density at radius 1 is 1.38 bits per heavy atom. The van der Waals surface area contributed by atoms with Crippen molar-refractivity contribution in [3.63, 3.8) is 0 Å². The molecule has 8 heavy (non-hydrogen) atoms. The van der Waals surface area contributed by atoms with Crippen molar-refractivity contribution in [1.82, 2.24) is 0 Å². The molecule has 1 rings (SSSR count). The molecule has 0 saturated heterocycles. The predicted molar refractivity (Wildman–Crippen MR) is 29.8 cm³/mol. The number of nitrogens with two attached hydrogens (primary N) is 1. The van der Waals surface area contributed by atoms with Gasteiger partial charge in [-0.3, -0.25) is 0 Å². The highest BCUT2D eigenvalue weighted by Gasteiger charge is 1.84. The average molecular weight is 110 g/mol. The van der Waals surface area contributed by atoms with Gasteiger partial charge in [0.2, 0.25) is 0 Å². The molecule has 0 amide bonds. The van der Waals surface area contributed by atoms with Gasteiger partial charge in [0, 0.05) is 17.8 Å². The third-order valence-corrected chi connectivity index (χ3v) is 0.828. The molecule has 0 saturated carbocycles. The van der Waals surface area contributed by atoms with Gasteiger partial charge in [-0.15, -0.1) is 0 Å². The van der Waals surface area contributed by atoms with Crippen molar-refractivity contribution < 1.29 is 4.73 Å². The maximum absolute atomic E-state index is 10.3. The van der Waals surface area contributed by atoms with Gasteiger partial charge in [0.05, 0.1) is 0 Å². The lowest BCUT2D eigenvalue weighted by molar-refractivity contribution is -0.605. The van der Waals surface area contributed by atoms with E-state index in [1.165, 1.54) is 12.4 Å². The first kappa shape index (κ1) is 4.90. The molecular formula is C5H6N2O. The Kier molecular flexibility index (Phi) is 1.04. The Morgan fingerprint density at radius 2 is 1.88 bits per heavy atom. The molecule has 2 N–H and O–H groups in total. The normalized spacial score (nSPS) is 9.00. The summed E-state index contributed by atoms with van der Waals surface area (Å²) in [7, 11) is 0. The maximum atomic E-state index is 10.3. The number of aromatic nitrogens is 1. The standard InChI is InChI=1S/C5H6N2O/c6-5-1-3-7(8)4-2-5/h1-4H,6H2. The topological polar surface area (TPSA) is 53.0 Å². The third-order valence-electron chi connectivity index (χ3n) is 0.828. The minimum atomic E-state index is 0.608. The molecule has 0 spiro atoms. The van der Waals surface area contributed by atoms with E-state index in [1.54, 1.807) is 12.1 Å². The molecule has 0 unspecified atom stereocenters. The van der Waals surface area contributed by atoms with Crippen molar-refractivity contribution in [3.05, 3.63) is 29.7 Å². The van der Waals surface area contributed by atoms with Crippen LogP contribution in [-0.2, 0) is 0 Å². The minimum absolute atomic E-state index is 0.608. The fraction of sp³-hybridized carbons (Fsp3) is 0. The molecule has 1 aromatic heterocycles. The molecule has 3 heteroatoms. The van der Waals surface area contributed by atoms with Crippen LogP contribution in [-0.4, -0.2) is 0 Å². The second-order valence-corrected chi connectivity index (χ2v) is 1.49. The second-order valence-electron chi connectivity index (χ2n) is 1.49. The van der Waals surface area contributed by atoms with Gasteiger partial charge < -0.3 is 10.9 Å². The van der Waals surface area contributed by atoms with E-state index in [9.17, 15) is 5.21 Å². The van der Waals surface area contributed by atoms with E-state index < -0.39 is 0 Å². The molecule has 42 valence electrons. The van der Waals surface area contributed by atoms with E-state index in [1.807, 2.05) is 0 Å². The average Bonchev–Trinajstić information content (AvgIpc) is 1.77. The molecule has 0 aliphatic carbocycles. The lowest BCUT2D eigenvalue weighted by Gasteiger charge is -1.92. The van der Waals surface area contributed by atoms with Crippen LogP contribution in [0.4, 0.5) is 5.69 Å². The fourth-order valence-corrected chi connectivity index (χ4v) is 0.424. The first-order valence-electron chi connectivity index (χ1n) is 2.23. The van der Waals surface area contributed by atoms with Crippen molar-refractivity contribution in [2.75, 3.05) is 5.73 Å². The maximum Gasteiger partial charge on any atom is 0.182 e. The van der Waals surface area contributed by atoms with Crippen LogP contribution in [0.1, 0.15) is 0 Å². The second kappa shape index (κ2) is 1.69. The Hall–Kier alpha value is -1.25. The highest BCUT2D eigenvalue weighted by molar-refractivity contribution is 5.32. The van der Waals surface area contributed by atoms with Gasteiger partial charge in [0.25, 0.3) is 0 Å². The van der Waals surface area contributed by atoms with Crippen LogP contribution in [0.3, 0.4) is 0 Å². The molecular weight excluding hydrogens is 104 g/mol. The van der Waals surface area contributed by atoms with Crippen molar-refractivity contribution in [2.45, 2.75) is 0 Å². The Balaban J connectivity index is 3.03. The molecule has 0 bridgehead atoms. The number of pyridine rings is 1. The molecule has 0 radical (unpaired) electrons. The third kappa shape index (κ3) is 0.872. The number of rotatable bonds is 0. The molecule has 0 aromatic carbocycles. The number of anilines is 1.